The molecule has 418 valence electrons. The monoisotopic (exact) mass is 1080 g/mol. The zero-order valence-corrected chi connectivity index (χ0v) is 43.6. The number of alkyl halides is 6. The van der Waals surface area contributed by atoms with Crippen molar-refractivity contribution in [1.82, 2.24) is 14.8 Å². The lowest BCUT2D eigenvalue weighted by Crippen LogP contribution is -2.36. The van der Waals surface area contributed by atoms with Gasteiger partial charge in [-0.15, -0.1) is 0 Å². The number of ether oxygens (including phenoxy) is 4. The number of anilines is 4. The van der Waals surface area contributed by atoms with Gasteiger partial charge in [-0.1, -0.05) is 6.92 Å². The van der Waals surface area contributed by atoms with Crippen LogP contribution in [0, 0.1) is 0 Å². The third-order valence-corrected chi connectivity index (χ3v) is 11.6. The summed E-state index contributed by atoms with van der Waals surface area (Å²) in [7, 11) is 0. The lowest BCUT2D eigenvalue weighted by atomic mass is 10.0. The number of carbonyl (C=O) groups excluding carboxylic acids is 6. The van der Waals surface area contributed by atoms with Gasteiger partial charge in [0, 0.05) is 50.5 Å². The van der Waals surface area contributed by atoms with Crippen molar-refractivity contribution in [3.8, 4) is 11.5 Å². The molecule has 2 aliphatic rings. The molecule has 19 nitrogen and oxygen atoms in total. The van der Waals surface area contributed by atoms with Gasteiger partial charge in [-0.3, -0.25) is 24.2 Å². The highest BCUT2D eigenvalue weighted by Gasteiger charge is 2.38. The molecular weight excluding hydrogens is 1010 g/mol. The van der Waals surface area contributed by atoms with E-state index in [1.165, 1.54) is 9.80 Å². The molecule has 2 aromatic carbocycles. The fourth-order valence-electron chi connectivity index (χ4n) is 7.94. The Kier molecular flexibility index (Phi) is 20.0. The number of nitrogens with two attached hydrogens (primary N) is 2. The third-order valence-electron chi connectivity index (χ3n) is 11.6. The number of likely N-dealkylation sites (tertiary alicyclic amines) is 2. The lowest BCUT2D eigenvalue weighted by Gasteiger charge is -2.25. The normalized spacial score (nSPS) is 16.0. The summed E-state index contributed by atoms with van der Waals surface area (Å²) in [5, 5.41) is 9.75. The van der Waals surface area contributed by atoms with Crippen molar-refractivity contribution in [2.24, 2.45) is 11.5 Å². The van der Waals surface area contributed by atoms with E-state index in [1.54, 1.807) is 48.5 Å². The summed E-state index contributed by atoms with van der Waals surface area (Å²) in [6, 6.07) is 3.44. The molecule has 5 rings (SSSR count). The Labute approximate surface area is 436 Å². The Morgan fingerprint density at radius 3 is 1.37 bits per heavy atom. The molecular formula is C51H67F6N9O10. The number of pyridine rings is 1. The highest BCUT2D eigenvalue weighted by Crippen LogP contribution is 2.44. The number of halogens is 6. The van der Waals surface area contributed by atoms with Gasteiger partial charge >= 0.3 is 24.5 Å². The van der Waals surface area contributed by atoms with Crippen molar-refractivity contribution in [3.63, 3.8) is 0 Å². The molecule has 0 radical (unpaired) electrons. The fourth-order valence-corrected chi connectivity index (χ4v) is 7.94. The van der Waals surface area contributed by atoms with Gasteiger partial charge in [-0.25, -0.2) is 9.59 Å². The first-order chi connectivity index (χ1) is 35.5. The van der Waals surface area contributed by atoms with E-state index in [4.69, 9.17) is 30.4 Å². The molecule has 76 heavy (non-hydrogen) atoms. The van der Waals surface area contributed by atoms with Gasteiger partial charge in [-0.2, -0.15) is 26.3 Å². The maximum atomic E-state index is 14.6. The van der Waals surface area contributed by atoms with Crippen molar-refractivity contribution in [2.45, 2.75) is 142 Å². The zero-order chi connectivity index (χ0) is 56.3. The van der Waals surface area contributed by atoms with Crippen LogP contribution in [-0.4, -0.2) is 113 Å². The predicted octanol–water partition coefficient (Wildman–Crippen LogP) is 9.10. The molecule has 0 bridgehead atoms. The summed E-state index contributed by atoms with van der Waals surface area (Å²) in [6.45, 7) is 12.3. The summed E-state index contributed by atoms with van der Waals surface area (Å²) in [6.07, 6.45) is -10.4. The summed E-state index contributed by atoms with van der Waals surface area (Å²) in [5.41, 5.74) is 4.13. The van der Waals surface area contributed by atoms with E-state index in [0.29, 0.717) is 49.9 Å². The summed E-state index contributed by atoms with van der Waals surface area (Å²) < 4.78 is 111. The Morgan fingerprint density at radius 2 is 1.00 bits per heavy atom. The molecule has 25 heteroatoms. The molecule has 0 saturated carbocycles. The number of hydrogen-bond donors (Lipinski definition) is 6. The highest BCUT2D eigenvalue weighted by atomic mass is 19.4. The molecule has 1 aromatic heterocycles. The van der Waals surface area contributed by atoms with Crippen LogP contribution in [0.5, 0.6) is 11.5 Å². The number of nitrogens with one attached hydrogen (secondary N) is 4. The minimum absolute atomic E-state index is 0.0809. The molecule has 3 aromatic rings. The Balaban J connectivity index is 1.54. The Bertz CT molecular complexity index is 2600. The molecule has 2 saturated heterocycles. The summed E-state index contributed by atoms with van der Waals surface area (Å²) >= 11 is 0. The lowest BCUT2D eigenvalue weighted by molar-refractivity contribution is -0.138. The minimum Gasteiger partial charge on any atom is -0.484 e. The molecule has 6 amide bonds. The minimum atomic E-state index is -5.03. The van der Waals surface area contributed by atoms with Gasteiger partial charge in [0.2, 0.25) is 11.8 Å². The van der Waals surface area contributed by atoms with Gasteiger partial charge in [-0.05, 0) is 123 Å². The topological polar surface area (TPSA) is 259 Å². The molecule has 2 aliphatic heterocycles. The second-order valence-corrected chi connectivity index (χ2v) is 20.3. The quantitative estimate of drug-likeness (QED) is 0.0484. The second-order valence-electron chi connectivity index (χ2n) is 20.3. The number of aryl methyl sites for hydroxylation is 1. The first kappa shape index (κ1) is 60.0. The van der Waals surface area contributed by atoms with Crippen LogP contribution in [0.3, 0.4) is 0 Å². The first-order valence-electron chi connectivity index (χ1n) is 24.9. The SMILES string of the molecule is CCc1cnc(C(=O)Nc2cc(C(F)(F)F)cc(NC(=O)CCCCN)c2OC2CCN(C(=O)OC(C)(C)C)C2)cc1C(=O)Nc1cc(C(F)(F)F)cc(NC(=O)CCCCN)c1OC1CCN(C(=O)OC(C)(C)C)C1. The van der Waals surface area contributed by atoms with Gasteiger partial charge in [0.25, 0.3) is 11.8 Å². The number of hydrogen-bond acceptors (Lipinski definition) is 13. The molecule has 2 unspecified atom stereocenters. The number of unbranched alkanes of at least 4 members (excludes halogenated alkanes) is 2. The van der Waals surface area contributed by atoms with Crippen LogP contribution in [0.4, 0.5) is 58.7 Å². The van der Waals surface area contributed by atoms with E-state index in [2.05, 4.69) is 26.3 Å². The van der Waals surface area contributed by atoms with Crippen molar-refractivity contribution in [2.75, 3.05) is 60.5 Å². The van der Waals surface area contributed by atoms with Crippen LogP contribution in [0.15, 0.2) is 36.5 Å². The van der Waals surface area contributed by atoms with Crippen molar-refractivity contribution < 1.29 is 74.1 Å². The van der Waals surface area contributed by atoms with Crippen molar-refractivity contribution >= 4 is 58.6 Å². The van der Waals surface area contributed by atoms with E-state index in [9.17, 15) is 55.1 Å². The summed E-state index contributed by atoms with van der Waals surface area (Å²) in [5.74, 6) is -4.43. The standard InChI is InChI=1S/C51H67F6N9O10/c1-8-29-26-60-39(45(70)64-38-24-31(51(55,56)57)22-36(62-41(68)14-10-12-18-59)43(38)74-33-16-20-66(28-33)47(72)76-49(5,6)7)25-34(29)44(69)63-37-23-30(50(52,53)54)21-35(61-40(67)13-9-11-17-58)42(37)73-32-15-19-65(27-32)46(71)75-48(2,3)4/h21-26,32-33H,8-20,27-28,58-59H2,1-7H3,(H,61,67)(H,62,68)(H,63,69)(H,64,70). The van der Waals surface area contributed by atoms with Crippen LogP contribution in [-0.2, 0) is 37.8 Å². The molecule has 2 atom stereocenters. The van der Waals surface area contributed by atoms with Gasteiger partial charge in [0.1, 0.15) is 29.1 Å². The van der Waals surface area contributed by atoms with Crippen LogP contribution in [0.25, 0.3) is 0 Å². The fraction of sp³-hybridized carbons (Fsp3) is 0.549. The zero-order valence-electron chi connectivity index (χ0n) is 43.6. The highest BCUT2D eigenvalue weighted by molar-refractivity contribution is 6.10. The van der Waals surface area contributed by atoms with Crippen LogP contribution < -0.4 is 42.2 Å². The number of amides is 6. The molecule has 2 fully saturated rings. The van der Waals surface area contributed by atoms with E-state index in [-0.39, 0.29) is 88.2 Å². The van der Waals surface area contributed by atoms with Gasteiger partial charge in [0.15, 0.2) is 11.5 Å². The second kappa shape index (κ2) is 25.3. The number of nitrogens with zero attached hydrogens (tertiary/aromatic N) is 3. The number of carbonyl (C=O) groups is 6. The molecule has 3 heterocycles. The van der Waals surface area contributed by atoms with Crippen molar-refractivity contribution in [1.29, 1.82) is 0 Å². The number of rotatable bonds is 19. The van der Waals surface area contributed by atoms with Crippen LogP contribution in [0.1, 0.15) is 137 Å². The van der Waals surface area contributed by atoms with Crippen molar-refractivity contribution in [3.05, 3.63) is 64.5 Å². The maximum absolute atomic E-state index is 14.6. The Morgan fingerprint density at radius 1 is 0.605 bits per heavy atom. The largest absolute Gasteiger partial charge is 0.484 e. The molecule has 0 aliphatic carbocycles. The van der Waals surface area contributed by atoms with E-state index in [1.807, 2.05) is 0 Å². The van der Waals surface area contributed by atoms with Crippen LogP contribution >= 0.6 is 0 Å². The third kappa shape index (κ3) is 17.3. The van der Waals surface area contributed by atoms with Gasteiger partial charge in [0.05, 0.1) is 47.0 Å². The molecule has 0 spiro atoms. The maximum Gasteiger partial charge on any atom is 0.416 e. The van der Waals surface area contributed by atoms with Crippen LogP contribution in [0.2, 0.25) is 0 Å². The Hall–Kier alpha value is -6.89. The summed E-state index contributed by atoms with van der Waals surface area (Å²) in [4.78, 5) is 87.7. The average molecular weight is 1080 g/mol. The average Bonchev–Trinajstić information content (AvgIpc) is 3.99. The van der Waals surface area contributed by atoms with E-state index < -0.39 is 117 Å². The number of aromatic nitrogens is 1. The molecule has 8 N–H and O–H groups in total. The first-order valence-corrected chi connectivity index (χ1v) is 24.9. The predicted molar refractivity (Wildman–Crippen MR) is 269 cm³/mol. The van der Waals surface area contributed by atoms with Gasteiger partial charge < -0.3 is 61.5 Å². The number of benzene rings is 2. The smallest absolute Gasteiger partial charge is 0.416 e. The van der Waals surface area contributed by atoms with E-state index >= 15 is 0 Å². The van der Waals surface area contributed by atoms with E-state index in [0.717, 1.165) is 12.3 Å².